The third-order valence-electron chi connectivity index (χ3n) is 6.59. The van der Waals surface area contributed by atoms with E-state index in [1.165, 1.54) is 12.8 Å². The maximum absolute atomic E-state index is 13.7. The number of likely N-dealkylation sites (N-methyl/N-ethyl adjacent to an activating group) is 2. The zero-order valence-electron chi connectivity index (χ0n) is 15.5. The number of rotatable bonds is 6. The first-order valence-corrected chi connectivity index (χ1v) is 11.4. The summed E-state index contributed by atoms with van der Waals surface area (Å²) in [6.45, 7) is 0. The van der Waals surface area contributed by atoms with Crippen molar-refractivity contribution in [2.24, 2.45) is 11.8 Å². The van der Waals surface area contributed by atoms with E-state index in [9.17, 15) is 14.2 Å². The zero-order chi connectivity index (χ0) is 18.0. The molecule has 0 N–H and O–H groups in total. The highest BCUT2D eigenvalue weighted by atomic mass is 31.2. The highest BCUT2D eigenvalue weighted by Crippen LogP contribution is 2.63. The van der Waals surface area contributed by atoms with E-state index in [0.717, 1.165) is 32.0 Å². The van der Waals surface area contributed by atoms with Crippen molar-refractivity contribution in [3.63, 3.8) is 0 Å². The van der Waals surface area contributed by atoms with E-state index in [-0.39, 0.29) is 5.92 Å². The molecule has 3 fully saturated rings. The quantitative estimate of drug-likeness (QED) is 0.528. The number of aldehydes is 1. The van der Waals surface area contributed by atoms with Crippen LogP contribution in [-0.2, 0) is 14.2 Å². The molecule has 5 nitrogen and oxygen atoms in total. The molecule has 3 rings (SSSR count). The van der Waals surface area contributed by atoms with E-state index in [1.807, 2.05) is 19.9 Å². The molecule has 3 aliphatic rings. The van der Waals surface area contributed by atoms with Crippen LogP contribution in [0.3, 0.4) is 0 Å². The summed E-state index contributed by atoms with van der Waals surface area (Å²) in [6, 6.07) is 0.770. The Balaban J connectivity index is 1.77. The SMILES string of the molecule is CN1[C@@H]2CCCC[C@H]2N(C)P1(=O)/C=C/[C@H](CCC=O)[C@@H]1CCC(=O)C1. The van der Waals surface area contributed by atoms with Gasteiger partial charge >= 0.3 is 0 Å². The third kappa shape index (κ3) is 3.70. The Kier molecular flexibility index (Phi) is 5.97. The number of fused-ring (bicyclic) bond motifs is 1. The van der Waals surface area contributed by atoms with Crippen molar-refractivity contribution in [1.82, 2.24) is 9.34 Å². The number of ketones is 1. The van der Waals surface area contributed by atoms with Crippen molar-refractivity contribution in [1.29, 1.82) is 0 Å². The molecule has 0 amide bonds. The van der Waals surface area contributed by atoms with Gasteiger partial charge in [0.15, 0.2) is 0 Å². The second kappa shape index (κ2) is 7.85. The molecule has 0 aromatic heterocycles. The molecule has 2 saturated carbocycles. The van der Waals surface area contributed by atoms with Crippen molar-refractivity contribution in [3.05, 3.63) is 11.9 Å². The third-order valence-corrected chi connectivity index (χ3v) is 9.55. The largest absolute Gasteiger partial charge is 0.303 e. The van der Waals surface area contributed by atoms with Crippen LogP contribution in [0.15, 0.2) is 11.9 Å². The molecule has 0 bridgehead atoms. The van der Waals surface area contributed by atoms with Crippen LogP contribution in [0.4, 0.5) is 0 Å². The van der Waals surface area contributed by atoms with E-state index in [0.29, 0.717) is 43.0 Å². The van der Waals surface area contributed by atoms with E-state index in [2.05, 4.69) is 15.4 Å². The summed E-state index contributed by atoms with van der Waals surface area (Å²) in [7, 11) is 1.31. The maximum atomic E-state index is 13.7. The van der Waals surface area contributed by atoms with Crippen molar-refractivity contribution in [2.75, 3.05) is 14.1 Å². The molecular formula is C19H31N2O3P. The lowest BCUT2D eigenvalue weighted by Crippen LogP contribution is -2.37. The Morgan fingerprint density at radius 1 is 1.16 bits per heavy atom. The van der Waals surface area contributed by atoms with Gasteiger partial charge in [0.1, 0.15) is 12.1 Å². The number of hydrogen-bond acceptors (Lipinski definition) is 3. The van der Waals surface area contributed by atoms with Crippen molar-refractivity contribution >= 4 is 19.5 Å². The minimum atomic E-state index is -2.69. The van der Waals surface area contributed by atoms with Gasteiger partial charge in [0.2, 0.25) is 7.44 Å². The fourth-order valence-corrected chi connectivity index (χ4v) is 7.70. The number of Topliss-reactive ketones (excluding diaryl/α,β-unsaturated/α-hetero) is 1. The molecule has 1 aliphatic heterocycles. The average molecular weight is 366 g/mol. The topological polar surface area (TPSA) is 57.7 Å². The van der Waals surface area contributed by atoms with Gasteiger partial charge in [-0.1, -0.05) is 18.9 Å². The highest BCUT2D eigenvalue weighted by molar-refractivity contribution is 7.62. The first-order chi connectivity index (χ1) is 12.0. The smallest absolute Gasteiger partial charge is 0.238 e. The summed E-state index contributed by atoms with van der Waals surface area (Å²) in [5, 5.41) is 0. The van der Waals surface area contributed by atoms with Gasteiger partial charge in [-0.15, -0.1) is 0 Å². The number of allylic oxidation sites excluding steroid dienone is 1. The normalized spacial score (nSPS) is 34.5. The molecule has 0 aromatic rings. The van der Waals surface area contributed by atoms with Crippen molar-refractivity contribution in [2.45, 2.75) is 69.9 Å². The van der Waals surface area contributed by atoms with Crippen LogP contribution in [0.1, 0.15) is 57.8 Å². The predicted octanol–water partition coefficient (Wildman–Crippen LogP) is 3.85. The first kappa shape index (κ1) is 19.0. The summed E-state index contributed by atoms with van der Waals surface area (Å²) in [5.41, 5.74) is 0. The second-order valence-electron chi connectivity index (χ2n) is 7.95. The van der Waals surface area contributed by atoms with Crippen LogP contribution < -0.4 is 0 Å². The highest BCUT2D eigenvalue weighted by Gasteiger charge is 2.50. The Morgan fingerprint density at radius 2 is 1.80 bits per heavy atom. The van der Waals surface area contributed by atoms with E-state index < -0.39 is 7.44 Å². The van der Waals surface area contributed by atoms with E-state index in [1.54, 1.807) is 0 Å². The van der Waals surface area contributed by atoms with Gasteiger partial charge in [0.05, 0.1) is 0 Å². The number of carbonyl (C=O) groups is 2. The van der Waals surface area contributed by atoms with Gasteiger partial charge in [-0.25, -0.2) is 9.34 Å². The summed E-state index contributed by atoms with van der Waals surface area (Å²) in [6.07, 6.45) is 11.1. The minimum absolute atomic E-state index is 0.173. The molecule has 0 aromatic carbocycles. The monoisotopic (exact) mass is 366 g/mol. The fraction of sp³-hybridized carbons (Fsp3) is 0.789. The molecule has 0 spiro atoms. The van der Waals surface area contributed by atoms with Gasteiger partial charge in [-0.2, -0.15) is 0 Å². The molecule has 140 valence electrons. The predicted molar refractivity (Wildman–Crippen MR) is 99.5 cm³/mol. The van der Waals surface area contributed by atoms with Gasteiger partial charge in [-0.3, -0.25) is 9.36 Å². The van der Waals surface area contributed by atoms with E-state index in [4.69, 9.17) is 0 Å². The standard InChI is InChI=1S/C19H31N2O3P/c1-20-18-7-3-4-8-19(18)21(2)25(20,24)13-11-15(6-5-12-22)16-9-10-17(23)14-16/h11-13,15-16,18-19H,3-10,14H2,1-2H3/b13-11+/t15-,16+,18+,19+/m0/s1. The van der Waals surface area contributed by atoms with Crippen LogP contribution in [0, 0.1) is 11.8 Å². The van der Waals surface area contributed by atoms with Crippen LogP contribution in [0.25, 0.3) is 0 Å². The summed E-state index contributed by atoms with van der Waals surface area (Å²) in [4.78, 5) is 22.5. The molecule has 2 aliphatic carbocycles. The number of carbonyl (C=O) groups excluding carboxylic acids is 2. The summed E-state index contributed by atoms with van der Waals surface area (Å²) >= 11 is 0. The van der Waals surface area contributed by atoms with Crippen molar-refractivity contribution < 1.29 is 14.2 Å². The molecule has 0 unspecified atom stereocenters. The van der Waals surface area contributed by atoms with Crippen LogP contribution in [0.2, 0.25) is 0 Å². The van der Waals surface area contributed by atoms with Crippen LogP contribution in [0.5, 0.6) is 0 Å². The van der Waals surface area contributed by atoms with Gasteiger partial charge in [0.25, 0.3) is 0 Å². The number of hydrogen-bond donors (Lipinski definition) is 0. The summed E-state index contributed by atoms with van der Waals surface area (Å²) in [5.74, 6) is 2.72. The Morgan fingerprint density at radius 3 is 2.32 bits per heavy atom. The molecule has 1 heterocycles. The van der Waals surface area contributed by atoms with Crippen LogP contribution in [-0.4, -0.2) is 47.6 Å². The lowest BCUT2D eigenvalue weighted by atomic mass is 9.87. The fourth-order valence-electron chi connectivity index (χ4n) is 5.00. The average Bonchev–Trinajstić information content (AvgIpc) is 3.13. The minimum Gasteiger partial charge on any atom is -0.303 e. The van der Waals surface area contributed by atoms with Gasteiger partial charge in [-0.05, 0) is 51.6 Å². The molecule has 6 heteroatoms. The maximum Gasteiger partial charge on any atom is 0.238 e. The molecule has 4 atom stereocenters. The molecular weight excluding hydrogens is 335 g/mol. The lowest BCUT2D eigenvalue weighted by molar-refractivity contribution is -0.117. The Hall–Kier alpha value is -0.770. The first-order valence-electron chi connectivity index (χ1n) is 9.68. The van der Waals surface area contributed by atoms with Crippen molar-refractivity contribution in [3.8, 4) is 0 Å². The van der Waals surface area contributed by atoms with E-state index >= 15 is 0 Å². The lowest BCUT2D eigenvalue weighted by Gasteiger charge is -2.28. The molecule has 25 heavy (non-hydrogen) atoms. The molecule has 1 saturated heterocycles. The van der Waals surface area contributed by atoms with Gasteiger partial charge < -0.3 is 4.79 Å². The Bertz CT molecular complexity index is 569. The Labute approximate surface area is 151 Å². The van der Waals surface area contributed by atoms with Crippen LogP contribution >= 0.6 is 7.44 Å². The molecule has 0 radical (unpaired) electrons. The number of nitrogens with zero attached hydrogens (tertiary/aromatic N) is 2. The summed E-state index contributed by atoms with van der Waals surface area (Å²) < 4.78 is 17.9. The second-order valence-corrected chi connectivity index (χ2v) is 10.7. The van der Waals surface area contributed by atoms with Gasteiger partial charge in [0, 0.05) is 37.2 Å². The zero-order valence-corrected chi connectivity index (χ0v) is 16.4.